The molecule has 0 aromatic heterocycles. The predicted octanol–water partition coefficient (Wildman–Crippen LogP) is 4.26. The Hall–Kier alpha value is -0.780. The van der Waals surface area contributed by atoms with Crippen molar-refractivity contribution in [1.82, 2.24) is 0 Å². The third-order valence-corrected chi connectivity index (χ3v) is 1.89. The van der Waals surface area contributed by atoms with Crippen molar-refractivity contribution in [2.24, 2.45) is 0 Å². The third-order valence-electron chi connectivity index (χ3n) is 1.89. The molecule has 0 aromatic carbocycles. The monoisotopic (exact) mass is 164 g/mol. The lowest BCUT2D eigenvalue weighted by atomic mass is 10.1. The Labute approximate surface area is 76.7 Å². The smallest absolute Gasteiger partial charge is 0.0285 e. The summed E-state index contributed by atoms with van der Waals surface area (Å²) in [4.78, 5) is 0. The van der Waals surface area contributed by atoms with Gasteiger partial charge in [-0.2, -0.15) is 0 Å². The summed E-state index contributed by atoms with van der Waals surface area (Å²) in [6.45, 7) is 10.3. The lowest BCUT2D eigenvalue weighted by molar-refractivity contribution is 0.799. The standard InChI is InChI=1S/C12H20/c1-5-7-8-12(4)10-9-11(3)6-2/h6,9-10H,4-5,7-8H2,1-3H3/b10-9-,11-6-. The van der Waals surface area contributed by atoms with Crippen molar-refractivity contribution in [2.75, 3.05) is 0 Å². The minimum Gasteiger partial charge on any atom is -0.0958 e. The molecule has 0 spiro atoms. The highest BCUT2D eigenvalue weighted by Crippen LogP contribution is 2.07. The van der Waals surface area contributed by atoms with Gasteiger partial charge in [-0.3, -0.25) is 0 Å². The quantitative estimate of drug-likeness (QED) is 0.533. The van der Waals surface area contributed by atoms with E-state index < -0.39 is 0 Å². The zero-order valence-corrected chi connectivity index (χ0v) is 8.56. The molecule has 0 saturated heterocycles. The molecule has 0 heterocycles. The summed E-state index contributed by atoms with van der Waals surface area (Å²) in [6, 6.07) is 0. The fourth-order valence-electron chi connectivity index (χ4n) is 0.833. The van der Waals surface area contributed by atoms with Crippen LogP contribution in [0.15, 0.2) is 36.0 Å². The van der Waals surface area contributed by atoms with Crippen LogP contribution in [-0.4, -0.2) is 0 Å². The normalized spacial score (nSPS) is 12.4. The Balaban J connectivity index is 3.76. The number of hydrogen-bond donors (Lipinski definition) is 0. The number of rotatable bonds is 5. The van der Waals surface area contributed by atoms with Crippen molar-refractivity contribution < 1.29 is 0 Å². The highest BCUT2D eigenvalue weighted by molar-refractivity contribution is 5.24. The summed E-state index contributed by atoms with van der Waals surface area (Å²) < 4.78 is 0. The summed E-state index contributed by atoms with van der Waals surface area (Å²) >= 11 is 0. The molecule has 0 saturated carbocycles. The number of hydrogen-bond acceptors (Lipinski definition) is 0. The predicted molar refractivity (Wildman–Crippen MR) is 57.2 cm³/mol. The van der Waals surface area contributed by atoms with Gasteiger partial charge in [-0.1, -0.05) is 49.3 Å². The molecule has 0 bridgehead atoms. The molecule has 0 radical (unpaired) electrons. The van der Waals surface area contributed by atoms with Gasteiger partial charge in [0.1, 0.15) is 0 Å². The minimum atomic E-state index is 1.13. The Bertz CT molecular complexity index is 182. The summed E-state index contributed by atoms with van der Waals surface area (Å²) in [7, 11) is 0. The molecule has 0 aliphatic carbocycles. The van der Waals surface area contributed by atoms with E-state index in [1.165, 1.54) is 24.0 Å². The van der Waals surface area contributed by atoms with E-state index in [2.05, 4.69) is 45.6 Å². The molecule has 0 N–H and O–H groups in total. The largest absolute Gasteiger partial charge is 0.0958 e. The minimum absolute atomic E-state index is 1.13. The third kappa shape index (κ3) is 5.96. The zero-order valence-electron chi connectivity index (χ0n) is 8.56. The van der Waals surface area contributed by atoms with E-state index in [4.69, 9.17) is 0 Å². The van der Waals surface area contributed by atoms with E-state index in [-0.39, 0.29) is 0 Å². The molecular weight excluding hydrogens is 144 g/mol. The van der Waals surface area contributed by atoms with E-state index >= 15 is 0 Å². The lowest BCUT2D eigenvalue weighted by Gasteiger charge is -1.96. The molecule has 68 valence electrons. The molecule has 0 aliphatic heterocycles. The van der Waals surface area contributed by atoms with Crippen molar-refractivity contribution in [1.29, 1.82) is 0 Å². The van der Waals surface area contributed by atoms with Gasteiger partial charge < -0.3 is 0 Å². The van der Waals surface area contributed by atoms with Gasteiger partial charge in [0.2, 0.25) is 0 Å². The van der Waals surface area contributed by atoms with Crippen LogP contribution in [-0.2, 0) is 0 Å². The molecular formula is C12H20. The topological polar surface area (TPSA) is 0 Å². The van der Waals surface area contributed by atoms with E-state index in [1.807, 2.05) is 0 Å². The Morgan fingerprint density at radius 3 is 2.50 bits per heavy atom. The highest BCUT2D eigenvalue weighted by atomic mass is 13.9. The van der Waals surface area contributed by atoms with E-state index in [0.29, 0.717) is 0 Å². The number of unbranched alkanes of at least 4 members (excludes halogenated alkanes) is 1. The van der Waals surface area contributed by atoms with Gasteiger partial charge in [0.15, 0.2) is 0 Å². The average Bonchev–Trinajstić information content (AvgIpc) is 2.10. The maximum absolute atomic E-state index is 3.98. The van der Waals surface area contributed by atoms with Crippen LogP contribution in [0.4, 0.5) is 0 Å². The molecule has 0 aromatic rings. The lowest BCUT2D eigenvalue weighted by Crippen LogP contribution is -1.76. The molecule has 0 unspecified atom stereocenters. The maximum atomic E-state index is 3.98. The van der Waals surface area contributed by atoms with E-state index in [0.717, 1.165) is 6.42 Å². The van der Waals surface area contributed by atoms with Crippen molar-refractivity contribution in [3.8, 4) is 0 Å². The van der Waals surface area contributed by atoms with Crippen molar-refractivity contribution in [2.45, 2.75) is 40.0 Å². The molecule has 0 fully saturated rings. The van der Waals surface area contributed by atoms with Crippen molar-refractivity contribution in [3.63, 3.8) is 0 Å². The van der Waals surface area contributed by atoms with Crippen LogP contribution in [0.5, 0.6) is 0 Å². The Morgan fingerprint density at radius 2 is 2.00 bits per heavy atom. The highest BCUT2D eigenvalue weighted by Gasteiger charge is 1.87. The Morgan fingerprint density at radius 1 is 1.33 bits per heavy atom. The second-order valence-corrected chi connectivity index (χ2v) is 3.13. The summed E-state index contributed by atoms with van der Waals surface area (Å²) in [6.07, 6.45) is 9.96. The van der Waals surface area contributed by atoms with Crippen LogP contribution in [0.2, 0.25) is 0 Å². The van der Waals surface area contributed by atoms with E-state index in [1.54, 1.807) is 0 Å². The summed E-state index contributed by atoms with van der Waals surface area (Å²) in [5.74, 6) is 0. The second kappa shape index (κ2) is 6.90. The van der Waals surface area contributed by atoms with Crippen LogP contribution >= 0.6 is 0 Å². The zero-order chi connectivity index (χ0) is 9.40. The molecule has 0 aliphatic rings. The van der Waals surface area contributed by atoms with Gasteiger partial charge in [-0.15, -0.1) is 0 Å². The van der Waals surface area contributed by atoms with Gasteiger partial charge in [-0.25, -0.2) is 0 Å². The molecule has 0 rings (SSSR count). The van der Waals surface area contributed by atoms with Crippen LogP contribution in [0.25, 0.3) is 0 Å². The molecule has 0 atom stereocenters. The number of allylic oxidation sites excluding steroid dienone is 5. The summed E-state index contributed by atoms with van der Waals surface area (Å²) in [5.41, 5.74) is 2.53. The summed E-state index contributed by atoms with van der Waals surface area (Å²) in [5, 5.41) is 0. The van der Waals surface area contributed by atoms with E-state index in [9.17, 15) is 0 Å². The average molecular weight is 164 g/mol. The fourth-order valence-corrected chi connectivity index (χ4v) is 0.833. The van der Waals surface area contributed by atoms with Crippen LogP contribution in [0.1, 0.15) is 40.0 Å². The first kappa shape index (κ1) is 11.2. The maximum Gasteiger partial charge on any atom is -0.0285 e. The molecule has 0 nitrogen and oxygen atoms in total. The first-order chi connectivity index (χ1) is 5.70. The first-order valence-corrected chi connectivity index (χ1v) is 4.69. The second-order valence-electron chi connectivity index (χ2n) is 3.13. The SMILES string of the molecule is C=C(/C=C\C(C)=C/C)CCCC. The molecule has 0 amide bonds. The van der Waals surface area contributed by atoms with Crippen molar-refractivity contribution in [3.05, 3.63) is 36.0 Å². The van der Waals surface area contributed by atoms with Crippen LogP contribution < -0.4 is 0 Å². The molecule has 0 heteroatoms. The van der Waals surface area contributed by atoms with Crippen LogP contribution in [0.3, 0.4) is 0 Å². The van der Waals surface area contributed by atoms with Gasteiger partial charge >= 0.3 is 0 Å². The van der Waals surface area contributed by atoms with Gasteiger partial charge in [-0.05, 0) is 26.7 Å². The van der Waals surface area contributed by atoms with Gasteiger partial charge in [0.05, 0.1) is 0 Å². The first-order valence-electron chi connectivity index (χ1n) is 4.69. The Kier molecular flexibility index (Phi) is 6.45. The van der Waals surface area contributed by atoms with Crippen molar-refractivity contribution >= 4 is 0 Å². The van der Waals surface area contributed by atoms with Gasteiger partial charge in [0, 0.05) is 0 Å². The van der Waals surface area contributed by atoms with Gasteiger partial charge in [0.25, 0.3) is 0 Å². The van der Waals surface area contributed by atoms with Crippen LogP contribution in [0, 0.1) is 0 Å². The molecule has 12 heavy (non-hydrogen) atoms. The fraction of sp³-hybridized carbons (Fsp3) is 0.500.